The van der Waals surface area contributed by atoms with Crippen LogP contribution in [-0.4, -0.2) is 82.3 Å². The number of Topliss-reactive ketones (excluding diaryl/α,β-unsaturated/α-hetero) is 1. The van der Waals surface area contributed by atoms with E-state index in [4.69, 9.17) is 15.2 Å². The second-order valence-corrected chi connectivity index (χ2v) is 20.1. The number of nitrogens with zero attached hydrogens (tertiary/aromatic N) is 6. The molecule has 0 aliphatic carbocycles. The summed E-state index contributed by atoms with van der Waals surface area (Å²) in [5.41, 5.74) is 14.9. The van der Waals surface area contributed by atoms with Crippen LogP contribution in [-0.2, 0) is 68.8 Å². The molecule has 5 N–H and O–H groups in total. The quantitative estimate of drug-likeness (QED) is 0.0633. The first-order valence-electron chi connectivity index (χ1n) is 26.4. The van der Waals surface area contributed by atoms with Crippen LogP contribution in [0.5, 0.6) is 0 Å². The zero-order chi connectivity index (χ0) is 54.6. The number of ketones is 1. The van der Waals surface area contributed by atoms with Gasteiger partial charge in [-0.25, -0.2) is 0 Å². The van der Waals surface area contributed by atoms with Crippen LogP contribution in [0.3, 0.4) is 0 Å². The summed E-state index contributed by atoms with van der Waals surface area (Å²) >= 11 is 0. The molecule has 0 atom stereocenters. The van der Waals surface area contributed by atoms with E-state index in [9.17, 15) is 24.3 Å². The number of carboxylic acid groups (broad SMARTS) is 1. The summed E-state index contributed by atoms with van der Waals surface area (Å²) < 4.78 is 14.0. The highest BCUT2D eigenvalue weighted by Crippen LogP contribution is 2.38. The number of aromatic nitrogens is 8. The zero-order valence-electron chi connectivity index (χ0n) is 43.7. The number of nitrogens with one attached hydrogen (secondary N) is 2. The first-order valence-corrected chi connectivity index (χ1v) is 26.4. The lowest BCUT2D eigenvalue weighted by molar-refractivity contribution is -0.137. The van der Waals surface area contributed by atoms with E-state index in [1.807, 2.05) is 128 Å². The SMILES string of the molecule is NCc1cc2cnccc2[nH]1.O=C(CCc1cc2cnccc2[nH]1)Cn1c(-c2ccccc2)cnc(CCC2(c3ccccc3)COC2)c1=O.O=C(O)Cn1c(-c2ccccc2)cnc(CCC2(c3ccccc3)COC2)c1=O. The molecule has 6 aromatic heterocycles. The number of hydrogen-bond acceptors (Lipinski definition) is 11. The highest BCUT2D eigenvalue weighted by atomic mass is 16.5. The second kappa shape index (κ2) is 24.6. The fraction of sp³-hybridized carbons (Fsp3) is 0.238. The number of aryl methyl sites for hydroxylation is 3. The van der Waals surface area contributed by atoms with Crippen LogP contribution >= 0.6 is 0 Å². The van der Waals surface area contributed by atoms with Crippen molar-refractivity contribution >= 4 is 33.6 Å². The molecule has 2 fully saturated rings. The molecule has 12 rings (SSSR count). The van der Waals surface area contributed by atoms with Crippen molar-refractivity contribution in [2.24, 2.45) is 5.73 Å². The number of ether oxygens (including phenoxy) is 2. The van der Waals surface area contributed by atoms with Gasteiger partial charge in [0.15, 0.2) is 5.78 Å². The Morgan fingerprint density at radius 3 is 1.41 bits per heavy atom. The van der Waals surface area contributed by atoms with Gasteiger partial charge in [-0.15, -0.1) is 0 Å². The molecular weight excluding hydrogens is 995 g/mol. The molecule has 8 heterocycles. The summed E-state index contributed by atoms with van der Waals surface area (Å²) in [7, 11) is 0. The smallest absolute Gasteiger partial charge is 0.323 e. The molecule has 79 heavy (non-hydrogen) atoms. The Morgan fingerprint density at radius 1 is 0.557 bits per heavy atom. The molecule has 2 aliphatic rings. The zero-order valence-corrected chi connectivity index (χ0v) is 43.7. The number of fused-ring (bicyclic) bond motifs is 2. The van der Waals surface area contributed by atoms with Crippen molar-refractivity contribution in [2.75, 3.05) is 26.4 Å². The molecule has 0 unspecified atom stereocenters. The van der Waals surface area contributed by atoms with E-state index in [1.54, 1.807) is 35.6 Å². The van der Waals surface area contributed by atoms with Gasteiger partial charge in [-0.3, -0.25) is 48.2 Å². The van der Waals surface area contributed by atoms with Crippen LogP contribution in [0.4, 0.5) is 0 Å². The predicted octanol–water partition coefficient (Wildman–Crippen LogP) is 8.81. The van der Waals surface area contributed by atoms with Gasteiger partial charge in [-0.05, 0) is 78.6 Å². The van der Waals surface area contributed by atoms with Crippen molar-refractivity contribution < 1.29 is 24.2 Å². The second-order valence-electron chi connectivity index (χ2n) is 20.1. The van der Waals surface area contributed by atoms with Gasteiger partial charge in [0.1, 0.15) is 17.9 Å². The highest BCUT2D eigenvalue weighted by molar-refractivity contribution is 5.81. The summed E-state index contributed by atoms with van der Waals surface area (Å²) in [6, 6.07) is 47.2. The minimum absolute atomic E-state index is 0.00337. The third kappa shape index (κ3) is 12.4. The third-order valence-corrected chi connectivity index (χ3v) is 14.8. The molecule has 0 amide bonds. The Labute approximate surface area is 456 Å². The van der Waals surface area contributed by atoms with Crippen molar-refractivity contribution in [2.45, 2.75) is 69.0 Å². The molecule has 0 spiro atoms. The van der Waals surface area contributed by atoms with Crippen molar-refractivity contribution in [3.05, 3.63) is 237 Å². The number of carboxylic acids is 1. The van der Waals surface area contributed by atoms with E-state index in [0.29, 0.717) is 81.4 Å². The lowest BCUT2D eigenvalue weighted by atomic mass is 9.75. The van der Waals surface area contributed by atoms with Crippen molar-refractivity contribution in [1.29, 1.82) is 0 Å². The molecule has 4 aromatic carbocycles. The first kappa shape index (κ1) is 53.4. The largest absolute Gasteiger partial charge is 0.480 e. The maximum Gasteiger partial charge on any atom is 0.323 e. The Bertz CT molecular complexity index is 3730. The molecule has 0 bridgehead atoms. The summed E-state index contributed by atoms with van der Waals surface area (Å²) in [5, 5.41) is 11.5. The van der Waals surface area contributed by atoms with Crippen molar-refractivity contribution in [3.63, 3.8) is 0 Å². The molecular formula is C63H61N9O7. The Kier molecular flexibility index (Phi) is 16.6. The minimum atomic E-state index is -1.06. The topological polar surface area (TPSA) is 226 Å². The maximum absolute atomic E-state index is 13.8. The molecule has 0 radical (unpaired) electrons. The van der Waals surface area contributed by atoms with Crippen LogP contribution in [0.25, 0.3) is 44.3 Å². The monoisotopic (exact) mass is 1060 g/mol. The molecule has 0 saturated carbocycles. The van der Waals surface area contributed by atoms with Crippen molar-refractivity contribution in [3.8, 4) is 22.5 Å². The number of carbonyl (C=O) groups is 2. The number of aromatic amines is 2. The fourth-order valence-electron chi connectivity index (χ4n) is 10.3. The van der Waals surface area contributed by atoms with E-state index in [0.717, 1.165) is 57.2 Å². The van der Waals surface area contributed by atoms with Gasteiger partial charge >= 0.3 is 5.97 Å². The number of pyridine rings is 2. The van der Waals surface area contributed by atoms with Gasteiger partial charge in [0.25, 0.3) is 11.1 Å². The standard InChI is InChI=1S/C32H30N4O3.C23H22N2O4.C8H9N3/c37-27(12-11-26-17-24-18-33-16-14-28(24)35-26)20-36-30(23-7-3-1-4-8-23)19-34-29(31(36)38)13-15-32(21-39-22-32)25-9-5-2-6-10-25;26-21(27)14-25-20(17-7-3-1-4-8-17)13-24-19(22(25)28)11-12-23(15-29-16-23)18-9-5-2-6-10-18;9-4-7-3-6-5-10-2-1-8(6)11-7/h1-10,14,16-19,35H,11-13,15,20-22H2;1-10,13H,11-12,14-16H2,(H,26,27);1-3,5,11H,4,9H2. The van der Waals surface area contributed by atoms with Crippen LogP contribution < -0.4 is 16.9 Å². The van der Waals surface area contributed by atoms with Crippen LogP contribution in [0, 0.1) is 0 Å². The number of hydrogen-bond donors (Lipinski definition) is 4. The maximum atomic E-state index is 13.8. The van der Waals surface area contributed by atoms with Gasteiger partial charge < -0.3 is 30.3 Å². The van der Waals surface area contributed by atoms with Gasteiger partial charge in [-0.2, -0.15) is 0 Å². The molecule has 16 heteroatoms. The summed E-state index contributed by atoms with van der Waals surface area (Å²) in [4.78, 5) is 75.1. The summed E-state index contributed by atoms with van der Waals surface area (Å²) in [5.74, 6) is -1.06. The van der Waals surface area contributed by atoms with E-state index >= 15 is 0 Å². The molecule has 16 nitrogen and oxygen atoms in total. The number of carbonyl (C=O) groups excluding carboxylic acids is 1. The average molecular weight is 1060 g/mol. The average Bonchev–Trinajstić information content (AvgIpc) is 4.13. The van der Waals surface area contributed by atoms with Crippen LogP contribution in [0.15, 0.2) is 192 Å². The lowest BCUT2D eigenvalue weighted by Crippen LogP contribution is -2.47. The Hall–Kier alpha value is -8.96. The van der Waals surface area contributed by atoms with E-state index < -0.39 is 12.5 Å². The van der Waals surface area contributed by atoms with Crippen LogP contribution in [0.1, 0.15) is 53.2 Å². The van der Waals surface area contributed by atoms with Gasteiger partial charge in [0.05, 0.1) is 56.8 Å². The summed E-state index contributed by atoms with van der Waals surface area (Å²) in [6.45, 7) is 2.66. The Balaban J connectivity index is 0.000000153. The normalized spacial score (nSPS) is 14.0. The Morgan fingerprint density at radius 2 is 0.987 bits per heavy atom. The molecule has 2 saturated heterocycles. The summed E-state index contributed by atoms with van der Waals surface area (Å²) in [6.07, 6.45) is 13.8. The molecule has 2 aliphatic heterocycles. The number of aliphatic carboxylic acids is 1. The van der Waals surface area contributed by atoms with Gasteiger partial charge in [0, 0.05) is 81.8 Å². The van der Waals surface area contributed by atoms with Crippen molar-refractivity contribution in [1.82, 2.24) is 39.0 Å². The number of nitrogens with two attached hydrogens (primary N) is 1. The van der Waals surface area contributed by atoms with E-state index in [-0.39, 0.29) is 34.3 Å². The van der Waals surface area contributed by atoms with Crippen LogP contribution in [0.2, 0.25) is 0 Å². The molecule has 400 valence electrons. The number of rotatable bonds is 18. The van der Waals surface area contributed by atoms with Gasteiger partial charge in [0.2, 0.25) is 0 Å². The fourth-order valence-corrected chi connectivity index (χ4v) is 10.3. The van der Waals surface area contributed by atoms with Gasteiger partial charge in [-0.1, -0.05) is 121 Å². The third-order valence-electron chi connectivity index (χ3n) is 14.8. The first-order chi connectivity index (χ1) is 38.6. The predicted molar refractivity (Wildman–Crippen MR) is 303 cm³/mol. The minimum Gasteiger partial charge on any atom is -0.480 e. The highest BCUT2D eigenvalue weighted by Gasteiger charge is 2.41. The molecule has 10 aromatic rings. The van der Waals surface area contributed by atoms with E-state index in [1.165, 1.54) is 15.7 Å². The lowest BCUT2D eigenvalue weighted by Gasteiger charge is -2.42. The van der Waals surface area contributed by atoms with E-state index in [2.05, 4.69) is 54.2 Å². The number of H-pyrrole nitrogens is 2. The number of benzene rings is 4.